The van der Waals surface area contributed by atoms with E-state index in [1.54, 1.807) is 13.8 Å². The molecule has 0 aromatic carbocycles. The van der Waals surface area contributed by atoms with E-state index in [-0.39, 0.29) is 34.0 Å². The first-order valence-electron chi connectivity index (χ1n) is 8.11. The minimum Gasteiger partial charge on any atom is -0.355 e. The Labute approximate surface area is 161 Å². The van der Waals surface area contributed by atoms with Gasteiger partial charge in [-0.15, -0.1) is 0 Å². The topological polar surface area (TPSA) is 112 Å². The maximum Gasteiger partial charge on any atom is 0.332 e. The first-order valence-corrected chi connectivity index (χ1v) is 8.90. The van der Waals surface area contributed by atoms with Crippen LogP contribution in [0.15, 0.2) is 14.3 Å². The molecule has 0 aliphatic carbocycles. The molecule has 3 aromatic heterocycles. The van der Waals surface area contributed by atoms with Crippen molar-refractivity contribution in [3.8, 4) is 0 Å². The Bertz CT molecular complexity index is 1240. The number of nitrogens with zero attached hydrogens (tertiary/aromatic N) is 4. The Kier molecular flexibility index (Phi) is 4.54. The number of H-pyrrole nitrogens is 1. The van der Waals surface area contributed by atoms with Crippen molar-refractivity contribution in [2.24, 2.45) is 14.1 Å². The number of halogens is 1. The molecule has 0 fully saturated rings. The molecule has 0 aliphatic rings. The summed E-state index contributed by atoms with van der Waals surface area (Å²) in [6, 6.07) is 0. The predicted octanol–water partition coefficient (Wildman–Crippen LogP) is 1.23. The number of aromatic nitrogens is 5. The summed E-state index contributed by atoms with van der Waals surface area (Å²) < 4.78 is 3.96. The fraction of sp³-hybridized carbons (Fsp3) is 0.353. The van der Waals surface area contributed by atoms with Crippen LogP contribution in [0.25, 0.3) is 11.2 Å². The van der Waals surface area contributed by atoms with Crippen molar-refractivity contribution in [2.45, 2.75) is 27.3 Å². The fourth-order valence-electron chi connectivity index (χ4n) is 3.38. The number of carbonyl (C=O) groups is 2. The van der Waals surface area contributed by atoms with Crippen molar-refractivity contribution in [3.05, 3.63) is 48.1 Å². The molecule has 0 atom stereocenters. The standard InChI is InChI=1S/C17H18BrN5O4/c1-7-11(9(3)24)8(2)19-12(7)10(25)6-23-14-13(20-16(23)18)15(26)22(5)17(27)21(14)4/h19H,6H2,1-5H3. The number of fused-ring (bicyclic) bond motifs is 1. The van der Waals surface area contributed by atoms with Crippen molar-refractivity contribution < 1.29 is 9.59 Å². The number of Topliss-reactive ketones (excluding diaryl/α,β-unsaturated/α-hetero) is 2. The van der Waals surface area contributed by atoms with Crippen LogP contribution in [0.3, 0.4) is 0 Å². The van der Waals surface area contributed by atoms with E-state index in [1.807, 2.05) is 0 Å². The first kappa shape index (κ1) is 19.0. The molecule has 3 heterocycles. The third kappa shape index (κ3) is 2.80. The molecule has 0 radical (unpaired) electrons. The predicted molar refractivity (Wildman–Crippen MR) is 103 cm³/mol. The van der Waals surface area contributed by atoms with Gasteiger partial charge in [0.05, 0.1) is 12.2 Å². The summed E-state index contributed by atoms with van der Waals surface area (Å²) in [5.41, 5.74) is 1.30. The number of nitrogens with one attached hydrogen (secondary N) is 1. The molecule has 0 saturated heterocycles. The van der Waals surface area contributed by atoms with Gasteiger partial charge >= 0.3 is 5.69 Å². The van der Waals surface area contributed by atoms with Gasteiger partial charge in [-0.25, -0.2) is 9.78 Å². The molecule has 0 spiro atoms. The highest BCUT2D eigenvalue weighted by atomic mass is 79.9. The molecule has 27 heavy (non-hydrogen) atoms. The summed E-state index contributed by atoms with van der Waals surface area (Å²) in [6.45, 7) is 4.73. The summed E-state index contributed by atoms with van der Waals surface area (Å²) in [7, 11) is 2.88. The third-order valence-corrected chi connectivity index (χ3v) is 5.27. The lowest BCUT2D eigenvalue weighted by atomic mass is 10.1. The smallest absolute Gasteiger partial charge is 0.332 e. The number of hydrogen-bond donors (Lipinski definition) is 1. The number of rotatable bonds is 4. The van der Waals surface area contributed by atoms with Crippen molar-refractivity contribution in [2.75, 3.05) is 0 Å². The highest BCUT2D eigenvalue weighted by molar-refractivity contribution is 9.10. The van der Waals surface area contributed by atoms with Crippen LogP contribution in [-0.4, -0.2) is 35.2 Å². The summed E-state index contributed by atoms with van der Waals surface area (Å²) in [5, 5.41) is 0. The summed E-state index contributed by atoms with van der Waals surface area (Å²) >= 11 is 3.26. The van der Waals surface area contributed by atoms with E-state index >= 15 is 0 Å². The van der Waals surface area contributed by atoms with E-state index in [9.17, 15) is 19.2 Å². The van der Waals surface area contributed by atoms with Crippen molar-refractivity contribution in [3.63, 3.8) is 0 Å². The van der Waals surface area contributed by atoms with Gasteiger partial charge in [-0.05, 0) is 42.3 Å². The van der Waals surface area contributed by atoms with Gasteiger partial charge in [0.15, 0.2) is 27.5 Å². The maximum atomic E-state index is 12.9. The number of ketones is 2. The highest BCUT2D eigenvalue weighted by Gasteiger charge is 2.23. The lowest BCUT2D eigenvalue weighted by Gasteiger charge is -2.09. The van der Waals surface area contributed by atoms with E-state index in [1.165, 1.54) is 30.2 Å². The van der Waals surface area contributed by atoms with Crippen LogP contribution in [0.4, 0.5) is 0 Å². The zero-order valence-electron chi connectivity index (χ0n) is 15.5. The van der Waals surface area contributed by atoms with Crippen LogP contribution in [0.5, 0.6) is 0 Å². The van der Waals surface area contributed by atoms with Gasteiger partial charge in [0.25, 0.3) is 5.56 Å². The molecular weight excluding hydrogens is 418 g/mol. The van der Waals surface area contributed by atoms with E-state index < -0.39 is 11.2 Å². The zero-order valence-corrected chi connectivity index (χ0v) is 17.1. The van der Waals surface area contributed by atoms with E-state index in [0.717, 1.165) is 4.57 Å². The van der Waals surface area contributed by atoms with Gasteiger partial charge in [-0.2, -0.15) is 0 Å². The number of aryl methyl sites for hydroxylation is 2. The van der Waals surface area contributed by atoms with Gasteiger partial charge in [-0.3, -0.25) is 28.1 Å². The summed E-state index contributed by atoms with van der Waals surface area (Å²) in [5.74, 6) is -0.420. The van der Waals surface area contributed by atoms with E-state index in [0.29, 0.717) is 22.5 Å². The lowest BCUT2D eigenvalue weighted by Crippen LogP contribution is -2.37. The summed E-state index contributed by atoms with van der Waals surface area (Å²) in [4.78, 5) is 56.4. The average molecular weight is 436 g/mol. The Balaban J connectivity index is 2.16. The van der Waals surface area contributed by atoms with Crippen LogP contribution >= 0.6 is 15.9 Å². The second-order valence-corrected chi connectivity index (χ2v) is 7.16. The van der Waals surface area contributed by atoms with Gasteiger partial charge < -0.3 is 4.98 Å². The first-order chi connectivity index (χ1) is 12.6. The second kappa shape index (κ2) is 6.45. The minimum atomic E-state index is -0.536. The summed E-state index contributed by atoms with van der Waals surface area (Å²) in [6.07, 6.45) is 0. The molecular formula is C17H18BrN5O4. The number of imidazole rings is 1. The lowest BCUT2D eigenvalue weighted by molar-refractivity contribution is 0.0967. The van der Waals surface area contributed by atoms with Gasteiger partial charge in [0.1, 0.15) is 0 Å². The highest BCUT2D eigenvalue weighted by Crippen LogP contribution is 2.21. The van der Waals surface area contributed by atoms with Gasteiger partial charge in [-0.1, -0.05) is 0 Å². The molecule has 0 unspecified atom stereocenters. The van der Waals surface area contributed by atoms with Crippen LogP contribution in [0, 0.1) is 13.8 Å². The largest absolute Gasteiger partial charge is 0.355 e. The number of hydrogen-bond acceptors (Lipinski definition) is 5. The molecule has 9 nitrogen and oxygen atoms in total. The number of carbonyl (C=O) groups excluding carboxylic acids is 2. The van der Waals surface area contributed by atoms with Crippen molar-refractivity contribution in [1.29, 1.82) is 0 Å². The third-order valence-electron chi connectivity index (χ3n) is 4.66. The van der Waals surface area contributed by atoms with Crippen molar-refractivity contribution >= 4 is 38.7 Å². The maximum absolute atomic E-state index is 12.9. The van der Waals surface area contributed by atoms with E-state index in [2.05, 4.69) is 25.9 Å². The molecule has 3 rings (SSSR count). The van der Waals surface area contributed by atoms with Crippen LogP contribution < -0.4 is 11.2 Å². The Morgan fingerprint density at radius 3 is 2.33 bits per heavy atom. The molecule has 142 valence electrons. The molecule has 0 aliphatic heterocycles. The number of aromatic amines is 1. The Morgan fingerprint density at radius 1 is 1.15 bits per heavy atom. The fourth-order valence-corrected chi connectivity index (χ4v) is 3.85. The van der Waals surface area contributed by atoms with Crippen LogP contribution in [-0.2, 0) is 20.6 Å². The van der Waals surface area contributed by atoms with Gasteiger partial charge in [0.2, 0.25) is 0 Å². The molecule has 3 aromatic rings. The monoisotopic (exact) mass is 435 g/mol. The van der Waals surface area contributed by atoms with Crippen LogP contribution in [0.1, 0.15) is 39.0 Å². The van der Waals surface area contributed by atoms with Gasteiger partial charge in [0, 0.05) is 25.4 Å². The Morgan fingerprint density at radius 2 is 1.78 bits per heavy atom. The average Bonchev–Trinajstić information content (AvgIpc) is 3.08. The molecule has 1 N–H and O–H groups in total. The SMILES string of the molecule is CC(=O)c1c(C)[nH]c(C(=O)Cn2c(Br)nc3c(=O)n(C)c(=O)n(C)c32)c1C. The normalized spacial score (nSPS) is 11.3. The minimum absolute atomic E-state index is 0.0862. The second-order valence-electron chi connectivity index (χ2n) is 6.45. The zero-order chi connectivity index (χ0) is 20.2. The molecule has 0 amide bonds. The molecule has 0 bridgehead atoms. The van der Waals surface area contributed by atoms with Crippen molar-refractivity contribution in [1.82, 2.24) is 23.7 Å². The molecule has 0 saturated carbocycles. The van der Waals surface area contributed by atoms with E-state index in [4.69, 9.17) is 0 Å². The Hall–Kier alpha value is -2.75. The van der Waals surface area contributed by atoms with Crippen LogP contribution in [0.2, 0.25) is 0 Å². The quantitative estimate of drug-likeness (QED) is 0.489. The molecule has 10 heteroatoms.